The van der Waals surface area contributed by atoms with Gasteiger partial charge in [0.05, 0.1) is 8.95 Å². The number of phenols is 1. The number of halogens is 2. The van der Waals surface area contributed by atoms with E-state index in [-0.39, 0.29) is 17.4 Å². The number of carbonyl (C=O) groups is 2. The van der Waals surface area contributed by atoms with Gasteiger partial charge in [0.2, 0.25) is 0 Å². The van der Waals surface area contributed by atoms with Gasteiger partial charge < -0.3 is 10.4 Å². The molecule has 1 amide bonds. The van der Waals surface area contributed by atoms with Crippen molar-refractivity contribution >= 4 is 60.9 Å². The highest BCUT2D eigenvalue weighted by Gasteiger charge is 2.25. The second kappa shape index (κ2) is 7.33. The molecule has 0 bridgehead atoms. The van der Waals surface area contributed by atoms with Crippen LogP contribution in [0.15, 0.2) is 63.8 Å². The molecule has 138 valence electrons. The van der Waals surface area contributed by atoms with Crippen LogP contribution in [0.3, 0.4) is 0 Å². The molecule has 3 aromatic rings. The summed E-state index contributed by atoms with van der Waals surface area (Å²) in [6, 6.07) is 11.9. The molecule has 0 spiro atoms. The van der Waals surface area contributed by atoms with Crippen molar-refractivity contribution < 1.29 is 14.7 Å². The highest BCUT2D eigenvalue weighted by Crippen LogP contribution is 2.37. The Bertz CT molecular complexity index is 1130. The second-order valence-corrected chi connectivity index (χ2v) is 7.89. The largest absolute Gasteiger partial charge is 0.506 e. The SMILES string of the molecule is O=C1Nc2ccc(C(=O)c3cccnc3)cc2/C1=C/c1cc(Br)c(O)c(Br)c1. The number of pyridine rings is 1. The molecule has 2 N–H and O–H groups in total. The number of aromatic hydroxyl groups is 1. The van der Waals surface area contributed by atoms with Crippen molar-refractivity contribution in [3.05, 3.63) is 86.1 Å². The van der Waals surface area contributed by atoms with E-state index in [1.165, 1.54) is 6.20 Å². The molecular formula is C21H12Br2N2O3. The quantitative estimate of drug-likeness (QED) is 0.391. The summed E-state index contributed by atoms with van der Waals surface area (Å²) in [7, 11) is 0. The average Bonchev–Trinajstić information content (AvgIpc) is 3.00. The van der Waals surface area contributed by atoms with Crippen LogP contribution >= 0.6 is 31.9 Å². The molecule has 0 aliphatic carbocycles. The molecule has 0 radical (unpaired) electrons. The molecule has 28 heavy (non-hydrogen) atoms. The number of rotatable bonds is 3. The van der Waals surface area contributed by atoms with Crippen LogP contribution in [0.5, 0.6) is 5.75 Å². The summed E-state index contributed by atoms with van der Waals surface area (Å²) in [5, 5.41) is 12.7. The molecule has 0 fully saturated rings. The second-order valence-electron chi connectivity index (χ2n) is 6.18. The lowest BCUT2D eigenvalue weighted by molar-refractivity contribution is -0.110. The summed E-state index contributed by atoms with van der Waals surface area (Å²) in [6.45, 7) is 0. The lowest BCUT2D eigenvalue weighted by Gasteiger charge is -2.05. The Balaban J connectivity index is 1.77. The van der Waals surface area contributed by atoms with E-state index in [9.17, 15) is 14.7 Å². The smallest absolute Gasteiger partial charge is 0.256 e. The van der Waals surface area contributed by atoms with E-state index in [1.807, 2.05) is 0 Å². The van der Waals surface area contributed by atoms with Gasteiger partial charge in [0.25, 0.3) is 5.91 Å². The van der Waals surface area contributed by atoms with Crippen LogP contribution in [0.4, 0.5) is 5.69 Å². The fraction of sp³-hybridized carbons (Fsp3) is 0. The minimum absolute atomic E-state index is 0.0859. The van der Waals surface area contributed by atoms with Gasteiger partial charge in [-0.25, -0.2) is 0 Å². The van der Waals surface area contributed by atoms with Crippen LogP contribution < -0.4 is 5.32 Å². The highest BCUT2D eigenvalue weighted by atomic mass is 79.9. The number of nitrogens with zero attached hydrogens (tertiary/aromatic N) is 1. The summed E-state index contributed by atoms with van der Waals surface area (Å²) in [6.07, 6.45) is 4.84. The minimum atomic E-state index is -0.249. The van der Waals surface area contributed by atoms with Gasteiger partial charge in [-0.2, -0.15) is 0 Å². The molecule has 2 heterocycles. The predicted octanol–water partition coefficient (Wildman–Crippen LogP) is 5.04. The number of anilines is 1. The van der Waals surface area contributed by atoms with Gasteiger partial charge in [0.15, 0.2) is 5.78 Å². The minimum Gasteiger partial charge on any atom is -0.506 e. The van der Waals surface area contributed by atoms with E-state index in [4.69, 9.17) is 0 Å². The summed E-state index contributed by atoms with van der Waals surface area (Å²) in [4.78, 5) is 29.2. The first kappa shape index (κ1) is 18.6. The Kier molecular flexibility index (Phi) is 4.87. The first-order valence-corrected chi connectivity index (χ1v) is 9.83. The predicted molar refractivity (Wildman–Crippen MR) is 114 cm³/mol. The zero-order valence-electron chi connectivity index (χ0n) is 14.2. The van der Waals surface area contributed by atoms with Crippen LogP contribution in [0.1, 0.15) is 27.0 Å². The van der Waals surface area contributed by atoms with E-state index < -0.39 is 0 Å². The third-order valence-electron chi connectivity index (χ3n) is 4.34. The average molecular weight is 500 g/mol. The molecule has 7 heteroatoms. The van der Waals surface area contributed by atoms with Gasteiger partial charge in [-0.3, -0.25) is 14.6 Å². The van der Waals surface area contributed by atoms with Gasteiger partial charge in [0.1, 0.15) is 5.75 Å². The Morgan fingerprint density at radius 2 is 1.82 bits per heavy atom. The topological polar surface area (TPSA) is 79.3 Å². The number of benzene rings is 2. The highest BCUT2D eigenvalue weighted by molar-refractivity contribution is 9.11. The van der Waals surface area contributed by atoms with Crippen molar-refractivity contribution in [1.29, 1.82) is 0 Å². The molecule has 0 saturated heterocycles. The molecule has 0 saturated carbocycles. The van der Waals surface area contributed by atoms with Gasteiger partial charge in [0, 0.05) is 40.3 Å². The lowest BCUT2D eigenvalue weighted by Crippen LogP contribution is -2.03. The number of hydrogen-bond donors (Lipinski definition) is 2. The lowest BCUT2D eigenvalue weighted by atomic mass is 9.98. The molecule has 4 rings (SSSR count). The van der Waals surface area contributed by atoms with E-state index in [0.717, 1.165) is 5.56 Å². The number of fused-ring (bicyclic) bond motifs is 1. The fourth-order valence-corrected chi connectivity index (χ4v) is 4.19. The molecule has 2 aromatic carbocycles. The fourth-order valence-electron chi connectivity index (χ4n) is 2.97. The number of aromatic nitrogens is 1. The third kappa shape index (κ3) is 3.39. The van der Waals surface area contributed by atoms with Crippen molar-refractivity contribution in [2.45, 2.75) is 0 Å². The maximum atomic E-state index is 12.7. The number of ketones is 1. The van der Waals surface area contributed by atoms with Gasteiger partial charge in [-0.15, -0.1) is 0 Å². The van der Waals surface area contributed by atoms with Gasteiger partial charge in [-0.05, 0) is 86.0 Å². The number of carbonyl (C=O) groups excluding carboxylic acids is 2. The van der Waals surface area contributed by atoms with Crippen LogP contribution in [-0.2, 0) is 4.79 Å². The number of hydrogen-bond acceptors (Lipinski definition) is 4. The maximum Gasteiger partial charge on any atom is 0.256 e. The van der Waals surface area contributed by atoms with Gasteiger partial charge >= 0.3 is 0 Å². The zero-order chi connectivity index (χ0) is 19.8. The van der Waals surface area contributed by atoms with Gasteiger partial charge in [-0.1, -0.05) is 0 Å². The normalized spacial score (nSPS) is 14.1. The van der Waals surface area contributed by atoms with Crippen molar-refractivity contribution in [1.82, 2.24) is 4.98 Å². The molecule has 0 atom stereocenters. The molecule has 1 aromatic heterocycles. The summed E-state index contributed by atoms with van der Waals surface area (Å²) >= 11 is 6.58. The van der Waals surface area contributed by atoms with Crippen molar-refractivity contribution in [2.24, 2.45) is 0 Å². The number of nitrogens with one attached hydrogen (secondary N) is 1. The van der Waals surface area contributed by atoms with E-state index >= 15 is 0 Å². The van der Waals surface area contributed by atoms with E-state index in [1.54, 1.807) is 54.7 Å². The zero-order valence-corrected chi connectivity index (χ0v) is 17.4. The molecular weight excluding hydrogens is 488 g/mol. The van der Waals surface area contributed by atoms with Crippen LogP contribution in [0.25, 0.3) is 11.6 Å². The standard InChI is InChI=1S/C21H12Br2N2O3/c22-16-7-11(8-17(23)20(16)27)6-15-14-9-12(3-4-18(14)25-21(15)28)19(26)13-2-1-5-24-10-13/h1-10,27H,(H,25,28)/b15-6-. The first-order valence-electron chi connectivity index (χ1n) is 8.24. The monoisotopic (exact) mass is 498 g/mol. The first-order chi connectivity index (χ1) is 13.4. The Hall–Kier alpha value is -2.77. The maximum absolute atomic E-state index is 12.7. The Morgan fingerprint density at radius 3 is 2.50 bits per heavy atom. The third-order valence-corrected chi connectivity index (χ3v) is 5.55. The number of phenolic OH excluding ortho intramolecular Hbond substituents is 1. The van der Waals surface area contributed by atoms with Crippen molar-refractivity contribution in [3.63, 3.8) is 0 Å². The Morgan fingerprint density at radius 1 is 1.07 bits per heavy atom. The molecule has 0 unspecified atom stereocenters. The van der Waals surface area contributed by atoms with Crippen LogP contribution in [0.2, 0.25) is 0 Å². The van der Waals surface area contributed by atoms with Crippen LogP contribution in [-0.4, -0.2) is 21.8 Å². The van der Waals surface area contributed by atoms with E-state index in [2.05, 4.69) is 42.2 Å². The summed E-state index contributed by atoms with van der Waals surface area (Å²) in [5.41, 5.74) is 3.42. The van der Waals surface area contributed by atoms with E-state index in [0.29, 0.717) is 36.9 Å². The van der Waals surface area contributed by atoms with Crippen molar-refractivity contribution in [2.75, 3.05) is 5.32 Å². The van der Waals surface area contributed by atoms with Crippen LogP contribution in [0, 0.1) is 0 Å². The summed E-state index contributed by atoms with van der Waals surface area (Å²) < 4.78 is 1.01. The molecule has 1 aliphatic heterocycles. The van der Waals surface area contributed by atoms with Crippen molar-refractivity contribution in [3.8, 4) is 5.75 Å². The Labute approximate surface area is 177 Å². The summed E-state index contributed by atoms with van der Waals surface area (Å²) in [5.74, 6) is -0.325. The molecule has 1 aliphatic rings. The molecule has 5 nitrogen and oxygen atoms in total. The number of amides is 1.